The van der Waals surface area contributed by atoms with Gasteiger partial charge in [-0.25, -0.2) is 8.42 Å². The molecule has 7 heteroatoms. The van der Waals surface area contributed by atoms with Gasteiger partial charge in [0.1, 0.15) is 4.21 Å². The number of aryl methyl sites for hydroxylation is 1. The first kappa shape index (κ1) is 15.7. The third-order valence-electron chi connectivity index (χ3n) is 4.30. The molecule has 0 N–H and O–H groups in total. The van der Waals surface area contributed by atoms with Crippen LogP contribution in [0.25, 0.3) is 10.6 Å². The second-order valence-corrected chi connectivity index (χ2v) is 9.18. The van der Waals surface area contributed by atoms with E-state index in [9.17, 15) is 8.42 Å². The second-order valence-electron chi connectivity index (χ2n) is 5.93. The van der Waals surface area contributed by atoms with Crippen molar-refractivity contribution >= 4 is 21.4 Å². The first-order chi connectivity index (χ1) is 10.4. The average molecular weight is 340 g/mol. The van der Waals surface area contributed by atoms with E-state index in [1.54, 1.807) is 16.4 Å². The van der Waals surface area contributed by atoms with Crippen LogP contribution in [-0.4, -0.2) is 31.0 Å². The largest absolute Gasteiger partial charge is 0.355 e. The molecule has 0 aromatic carbocycles. The Balaban J connectivity index is 1.88. The predicted octanol–water partition coefficient (Wildman–Crippen LogP) is 3.44. The van der Waals surface area contributed by atoms with Gasteiger partial charge in [0.2, 0.25) is 0 Å². The van der Waals surface area contributed by atoms with Crippen molar-refractivity contribution in [1.29, 1.82) is 0 Å². The molecule has 1 saturated heterocycles. The van der Waals surface area contributed by atoms with E-state index >= 15 is 0 Å². The summed E-state index contributed by atoms with van der Waals surface area (Å²) in [5, 5.41) is 3.93. The van der Waals surface area contributed by atoms with Crippen molar-refractivity contribution in [3.8, 4) is 10.6 Å². The quantitative estimate of drug-likeness (QED) is 0.858. The first-order valence-electron chi connectivity index (χ1n) is 7.43. The highest BCUT2D eigenvalue weighted by molar-refractivity contribution is 7.91. The molecule has 0 unspecified atom stereocenters. The van der Waals surface area contributed by atoms with E-state index in [1.165, 1.54) is 11.3 Å². The Kier molecular flexibility index (Phi) is 4.13. The summed E-state index contributed by atoms with van der Waals surface area (Å²) < 4.78 is 32.7. The van der Waals surface area contributed by atoms with Gasteiger partial charge in [0, 0.05) is 18.7 Å². The maximum absolute atomic E-state index is 12.7. The van der Waals surface area contributed by atoms with Crippen molar-refractivity contribution in [2.45, 2.75) is 37.8 Å². The molecule has 1 aliphatic rings. The molecule has 0 amide bonds. The lowest BCUT2D eigenvalue weighted by Crippen LogP contribution is -2.37. The van der Waals surface area contributed by atoms with Crippen LogP contribution in [0.3, 0.4) is 0 Å². The standard InChI is InChI=1S/C15H20N2O3S2/c1-10-6-8-17(9-7-10)22(18,19)14-5-4-13(21-14)15-11(2)12(3)16-20-15/h4-5,10H,6-9H2,1-3H3. The number of sulfonamides is 1. The van der Waals surface area contributed by atoms with Crippen LogP contribution in [0.4, 0.5) is 0 Å². The summed E-state index contributed by atoms with van der Waals surface area (Å²) in [4.78, 5) is 0.807. The summed E-state index contributed by atoms with van der Waals surface area (Å²) in [7, 11) is -3.39. The van der Waals surface area contributed by atoms with E-state index in [0.29, 0.717) is 29.0 Å². The Morgan fingerprint density at radius 3 is 2.55 bits per heavy atom. The highest BCUT2D eigenvalue weighted by atomic mass is 32.2. The van der Waals surface area contributed by atoms with Gasteiger partial charge in [-0.15, -0.1) is 11.3 Å². The van der Waals surface area contributed by atoms with Gasteiger partial charge < -0.3 is 4.52 Å². The number of hydrogen-bond donors (Lipinski definition) is 0. The highest BCUT2D eigenvalue weighted by Gasteiger charge is 2.29. The molecule has 0 aliphatic carbocycles. The summed E-state index contributed by atoms with van der Waals surface area (Å²) in [5.41, 5.74) is 1.79. The van der Waals surface area contributed by atoms with Crippen molar-refractivity contribution in [2.75, 3.05) is 13.1 Å². The third kappa shape index (κ3) is 2.73. The molecule has 1 aliphatic heterocycles. The number of rotatable bonds is 3. The molecule has 0 saturated carbocycles. The van der Waals surface area contributed by atoms with E-state index in [2.05, 4.69) is 12.1 Å². The van der Waals surface area contributed by atoms with E-state index in [-0.39, 0.29) is 0 Å². The van der Waals surface area contributed by atoms with Gasteiger partial charge in [-0.2, -0.15) is 4.31 Å². The third-order valence-corrected chi connectivity index (χ3v) is 7.75. The van der Waals surface area contributed by atoms with Gasteiger partial charge in [-0.05, 0) is 44.7 Å². The van der Waals surface area contributed by atoms with E-state index in [1.807, 2.05) is 13.8 Å². The Morgan fingerprint density at radius 1 is 1.27 bits per heavy atom. The van der Waals surface area contributed by atoms with Crippen LogP contribution < -0.4 is 0 Å². The zero-order valence-corrected chi connectivity index (χ0v) is 14.6. The van der Waals surface area contributed by atoms with Gasteiger partial charge in [0.05, 0.1) is 10.6 Å². The fourth-order valence-corrected chi connectivity index (χ4v) is 5.54. The molecule has 0 radical (unpaired) electrons. The molecule has 5 nitrogen and oxygen atoms in total. The maximum Gasteiger partial charge on any atom is 0.252 e. The summed E-state index contributed by atoms with van der Waals surface area (Å²) in [6.07, 6.45) is 1.86. The molecule has 3 rings (SSSR count). The molecule has 0 atom stereocenters. The zero-order valence-electron chi connectivity index (χ0n) is 13.0. The number of thiophene rings is 1. The Morgan fingerprint density at radius 2 is 1.95 bits per heavy atom. The minimum Gasteiger partial charge on any atom is -0.355 e. The minimum absolute atomic E-state index is 0.380. The van der Waals surface area contributed by atoms with Crippen LogP contribution >= 0.6 is 11.3 Å². The van der Waals surface area contributed by atoms with Crippen molar-refractivity contribution < 1.29 is 12.9 Å². The minimum atomic E-state index is -3.39. The van der Waals surface area contributed by atoms with Crippen molar-refractivity contribution in [2.24, 2.45) is 5.92 Å². The van der Waals surface area contributed by atoms with Crippen LogP contribution in [0.2, 0.25) is 0 Å². The van der Waals surface area contributed by atoms with Gasteiger partial charge in [-0.3, -0.25) is 0 Å². The van der Waals surface area contributed by atoms with E-state index in [0.717, 1.165) is 29.0 Å². The van der Waals surface area contributed by atoms with Gasteiger partial charge in [-0.1, -0.05) is 12.1 Å². The topological polar surface area (TPSA) is 63.4 Å². The Bertz CT molecular complexity index is 769. The van der Waals surface area contributed by atoms with Crippen LogP contribution in [0, 0.1) is 19.8 Å². The first-order valence-corrected chi connectivity index (χ1v) is 9.68. The van der Waals surface area contributed by atoms with Gasteiger partial charge in [0.15, 0.2) is 5.76 Å². The summed E-state index contributed by atoms with van der Waals surface area (Å²) in [6, 6.07) is 3.47. The van der Waals surface area contributed by atoms with Crippen molar-refractivity contribution in [1.82, 2.24) is 9.46 Å². The lowest BCUT2D eigenvalue weighted by atomic mass is 10.0. The molecular weight excluding hydrogens is 320 g/mol. The number of piperidine rings is 1. The SMILES string of the molecule is Cc1noc(-c2ccc(S(=O)(=O)N3CCC(C)CC3)s2)c1C. The highest BCUT2D eigenvalue weighted by Crippen LogP contribution is 2.35. The fraction of sp³-hybridized carbons (Fsp3) is 0.533. The fourth-order valence-electron chi connectivity index (χ4n) is 2.58. The number of hydrogen-bond acceptors (Lipinski definition) is 5. The molecular formula is C15H20N2O3S2. The van der Waals surface area contributed by atoms with Crippen molar-refractivity contribution in [3.05, 3.63) is 23.4 Å². The summed E-state index contributed by atoms with van der Waals surface area (Å²) >= 11 is 1.25. The van der Waals surface area contributed by atoms with Crippen LogP contribution in [0.1, 0.15) is 31.0 Å². The smallest absolute Gasteiger partial charge is 0.252 e. The molecule has 120 valence electrons. The average Bonchev–Trinajstić information content (AvgIpc) is 3.08. The van der Waals surface area contributed by atoms with Crippen LogP contribution in [0.5, 0.6) is 0 Å². The lowest BCUT2D eigenvalue weighted by molar-refractivity contribution is 0.288. The lowest BCUT2D eigenvalue weighted by Gasteiger charge is -2.28. The zero-order chi connectivity index (χ0) is 15.9. The Hall–Kier alpha value is -1.18. The molecule has 0 spiro atoms. The van der Waals surface area contributed by atoms with Gasteiger partial charge in [0.25, 0.3) is 10.0 Å². The maximum atomic E-state index is 12.7. The van der Waals surface area contributed by atoms with Crippen molar-refractivity contribution in [3.63, 3.8) is 0 Å². The molecule has 2 aromatic heterocycles. The summed E-state index contributed by atoms with van der Waals surface area (Å²) in [5.74, 6) is 1.27. The molecule has 0 bridgehead atoms. The van der Waals surface area contributed by atoms with Gasteiger partial charge >= 0.3 is 0 Å². The van der Waals surface area contributed by atoms with Crippen LogP contribution in [0.15, 0.2) is 20.9 Å². The molecule has 3 heterocycles. The number of nitrogens with zero attached hydrogens (tertiary/aromatic N) is 2. The van der Waals surface area contributed by atoms with Crippen LogP contribution in [-0.2, 0) is 10.0 Å². The second kappa shape index (κ2) is 5.79. The molecule has 2 aromatic rings. The monoisotopic (exact) mass is 340 g/mol. The predicted molar refractivity (Wildman–Crippen MR) is 86.4 cm³/mol. The molecule has 1 fully saturated rings. The van der Waals surface area contributed by atoms with E-state index in [4.69, 9.17) is 4.52 Å². The number of aromatic nitrogens is 1. The normalized spacial score (nSPS) is 18.0. The molecule has 22 heavy (non-hydrogen) atoms. The Labute approximate surface area is 135 Å². The van der Waals surface area contributed by atoms with E-state index < -0.39 is 10.0 Å². The summed E-state index contributed by atoms with van der Waals surface area (Å²) in [6.45, 7) is 7.19.